The van der Waals surface area contributed by atoms with Crippen molar-refractivity contribution in [3.63, 3.8) is 0 Å². The van der Waals surface area contributed by atoms with Gasteiger partial charge in [-0.05, 0) is 36.8 Å². The van der Waals surface area contributed by atoms with Crippen LogP contribution >= 0.6 is 0 Å². The molecule has 2 aromatic carbocycles. The standard InChI is InChI=1S/C22H24N2O7S/c1-5-31-19-11-14(9-10-18(19)30-3)17(12-32(4,28)29)24-21(26)15-7-6-8-16(23-13(2)25)20(15)22(24)27/h6-11,17H,5,12H2,1-4H3,(H,23,25)/t17-/m0/s1. The van der Waals surface area contributed by atoms with Gasteiger partial charge >= 0.3 is 0 Å². The zero-order valence-corrected chi connectivity index (χ0v) is 19.0. The third-order valence-corrected chi connectivity index (χ3v) is 5.82. The van der Waals surface area contributed by atoms with Crippen LogP contribution in [-0.2, 0) is 14.6 Å². The van der Waals surface area contributed by atoms with E-state index in [1.807, 2.05) is 0 Å². The molecule has 0 aliphatic carbocycles. The lowest BCUT2D eigenvalue weighted by atomic mass is 10.1. The number of nitrogens with zero attached hydrogens (tertiary/aromatic N) is 1. The molecule has 32 heavy (non-hydrogen) atoms. The molecule has 0 fully saturated rings. The van der Waals surface area contributed by atoms with Crippen LogP contribution in [0.4, 0.5) is 5.69 Å². The lowest BCUT2D eigenvalue weighted by molar-refractivity contribution is -0.114. The number of hydrogen-bond acceptors (Lipinski definition) is 7. The van der Waals surface area contributed by atoms with Gasteiger partial charge in [-0.15, -0.1) is 0 Å². The summed E-state index contributed by atoms with van der Waals surface area (Å²) in [5.41, 5.74) is 0.719. The van der Waals surface area contributed by atoms with Gasteiger partial charge in [0, 0.05) is 13.2 Å². The summed E-state index contributed by atoms with van der Waals surface area (Å²) in [7, 11) is -2.13. The molecule has 1 heterocycles. The second kappa shape index (κ2) is 8.99. The highest BCUT2D eigenvalue weighted by Crippen LogP contribution is 2.38. The molecule has 0 unspecified atom stereocenters. The molecule has 1 aliphatic heterocycles. The summed E-state index contributed by atoms with van der Waals surface area (Å²) in [4.78, 5) is 39.1. The molecular formula is C22H24N2O7S. The van der Waals surface area contributed by atoms with Crippen LogP contribution in [0.1, 0.15) is 46.2 Å². The van der Waals surface area contributed by atoms with E-state index in [-0.39, 0.29) is 16.8 Å². The van der Waals surface area contributed by atoms with Gasteiger partial charge in [-0.2, -0.15) is 0 Å². The number of benzene rings is 2. The van der Waals surface area contributed by atoms with Crippen LogP contribution in [0.5, 0.6) is 11.5 Å². The number of amides is 3. The van der Waals surface area contributed by atoms with Crippen LogP contribution in [0.15, 0.2) is 36.4 Å². The maximum atomic E-state index is 13.3. The summed E-state index contributed by atoms with van der Waals surface area (Å²) >= 11 is 0. The predicted octanol–water partition coefficient (Wildman–Crippen LogP) is 2.43. The number of sulfone groups is 1. The molecule has 0 saturated heterocycles. The Morgan fingerprint density at radius 1 is 1.12 bits per heavy atom. The van der Waals surface area contributed by atoms with E-state index in [1.165, 1.54) is 26.2 Å². The van der Waals surface area contributed by atoms with Crippen molar-refractivity contribution in [1.29, 1.82) is 0 Å². The van der Waals surface area contributed by atoms with Gasteiger partial charge in [0.1, 0.15) is 9.84 Å². The van der Waals surface area contributed by atoms with Gasteiger partial charge in [0.15, 0.2) is 11.5 Å². The molecule has 9 nitrogen and oxygen atoms in total. The van der Waals surface area contributed by atoms with Crippen molar-refractivity contribution < 1.29 is 32.3 Å². The van der Waals surface area contributed by atoms with Gasteiger partial charge in [0.05, 0.1) is 42.3 Å². The summed E-state index contributed by atoms with van der Waals surface area (Å²) < 4.78 is 35.3. The molecule has 3 rings (SSSR count). The molecule has 3 amide bonds. The molecule has 170 valence electrons. The fourth-order valence-electron chi connectivity index (χ4n) is 3.66. The van der Waals surface area contributed by atoms with Crippen molar-refractivity contribution in [3.8, 4) is 11.5 Å². The van der Waals surface area contributed by atoms with Crippen LogP contribution < -0.4 is 14.8 Å². The molecule has 0 spiro atoms. The molecule has 0 saturated carbocycles. The average Bonchev–Trinajstić information content (AvgIpc) is 2.96. The third kappa shape index (κ3) is 4.59. The van der Waals surface area contributed by atoms with Crippen LogP contribution in [0.2, 0.25) is 0 Å². The van der Waals surface area contributed by atoms with Crippen molar-refractivity contribution in [2.45, 2.75) is 19.9 Å². The monoisotopic (exact) mass is 460 g/mol. The Kier molecular flexibility index (Phi) is 6.54. The molecule has 0 radical (unpaired) electrons. The summed E-state index contributed by atoms with van der Waals surface area (Å²) in [6.07, 6.45) is 1.04. The van der Waals surface area contributed by atoms with E-state index < -0.39 is 39.4 Å². The average molecular weight is 461 g/mol. The molecule has 1 N–H and O–H groups in total. The second-order valence-electron chi connectivity index (χ2n) is 7.34. The minimum atomic E-state index is -3.60. The Morgan fingerprint density at radius 3 is 2.44 bits per heavy atom. The highest BCUT2D eigenvalue weighted by Gasteiger charge is 2.43. The number of rotatable bonds is 8. The van der Waals surface area contributed by atoms with Crippen molar-refractivity contribution in [3.05, 3.63) is 53.1 Å². The molecule has 1 aliphatic rings. The molecule has 0 bridgehead atoms. The Hall–Kier alpha value is -3.40. The summed E-state index contributed by atoms with van der Waals surface area (Å²) in [5, 5.41) is 2.55. The molecule has 2 aromatic rings. The lowest BCUT2D eigenvalue weighted by Crippen LogP contribution is -2.37. The number of carbonyl (C=O) groups is 3. The fraction of sp³-hybridized carbons (Fsp3) is 0.318. The zero-order chi connectivity index (χ0) is 23.6. The van der Waals surface area contributed by atoms with Crippen LogP contribution in [-0.4, -0.2) is 56.8 Å². The number of imide groups is 1. The number of ether oxygens (including phenoxy) is 2. The topological polar surface area (TPSA) is 119 Å². The first kappa shape index (κ1) is 23.3. The van der Waals surface area contributed by atoms with Crippen LogP contribution in [0, 0.1) is 0 Å². The number of methoxy groups -OCH3 is 1. The first-order valence-corrected chi connectivity index (χ1v) is 11.9. The maximum absolute atomic E-state index is 13.3. The first-order valence-electron chi connectivity index (χ1n) is 9.84. The summed E-state index contributed by atoms with van der Waals surface area (Å²) in [6.45, 7) is 3.41. The minimum Gasteiger partial charge on any atom is -0.493 e. The summed E-state index contributed by atoms with van der Waals surface area (Å²) in [6, 6.07) is 8.18. The van der Waals surface area contributed by atoms with Crippen molar-refractivity contribution in [2.24, 2.45) is 0 Å². The van der Waals surface area contributed by atoms with Crippen molar-refractivity contribution in [2.75, 3.05) is 31.0 Å². The summed E-state index contributed by atoms with van der Waals surface area (Å²) in [5.74, 6) is -1.41. The smallest absolute Gasteiger partial charge is 0.264 e. The number of carbonyl (C=O) groups excluding carboxylic acids is 3. The van der Waals surface area contributed by atoms with E-state index in [9.17, 15) is 22.8 Å². The van der Waals surface area contributed by atoms with Crippen molar-refractivity contribution in [1.82, 2.24) is 4.90 Å². The van der Waals surface area contributed by atoms with E-state index in [0.717, 1.165) is 11.2 Å². The van der Waals surface area contributed by atoms with Crippen LogP contribution in [0.3, 0.4) is 0 Å². The minimum absolute atomic E-state index is 0.0322. The van der Waals surface area contributed by atoms with Crippen LogP contribution in [0.25, 0.3) is 0 Å². The van der Waals surface area contributed by atoms with E-state index in [4.69, 9.17) is 9.47 Å². The van der Waals surface area contributed by atoms with Gasteiger partial charge in [-0.1, -0.05) is 12.1 Å². The van der Waals surface area contributed by atoms with E-state index in [1.54, 1.807) is 31.2 Å². The normalized spacial score (nSPS) is 14.2. The van der Waals surface area contributed by atoms with E-state index in [0.29, 0.717) is 23.7 Å². The maximum Gasteiger partial charge on any atom is 0.264 e. The predicted molar refractivity (Wildman–Crippen MR) is 118 cm³/mol. The zero-order valence-electron chi connectivity index (χ0n) is 18.2. The number of fused-ring (bicyclic) bond motifs is 1. The molecular weight excluding hydrogens is 436 g/mol. The van der Waals surface area contributed by atoms with Gasteiger partial charge in [-0.25, -0.2) is 8.42 Å². The Labute approximate surface area is 186 Å². The second-order valence-corrected chi connectivity index (χ2v) is 9.53. The number of hydrogen-bond donors (Lipinski definition) is 1. The van der Waals surface area contributed by atoms with E-state index in [2.05, 4.69) is 5.32 Å². The Bertz CT molecular complexity index is 1190. The van der Waals surface area contributed by atoms with Gasteiger partial charge in [0.2, 0.25) is 5.91 Å². The van der Waals surface area contributed by atoms with E-state index >= 15 is 0 Å². The third-order valence-electron chi connectivity index (χ3n) is 4.90. The Balaban J connectivity index is 2.13. The fourth-order valence-corrected chi connectivity index (χ4v) is 4.57. The van der Waals surface area contributed by atoms with Gasteiger partial charge in [-0.3, -0.25) is 19.3 Å². The lowest BCUT2D eigenvalue weighted by Gasteiger charge is -2.27. The van der Waals surface area contributed by atoms with Crippen molar-refractivity contribution >= 4 is 33.2 Å². The number of anilines is 1. The Morgan fingerprint density at radius 2 is 1.84 bits per heavy atom. The number of nitrogens with one attached hydrogen (secondary N) is 1. The quantitative estimate of drug-likeness (QED) is 0.601. The highest BCUT2D eigenvalue weighted by molar-refractivity contribution is 7.90. The molecule has 10 heteroatoms. The molecule has 1 atom stereocenters. The molecule has 0 aromatic heterocycles. The highest BCUT2D eigenvalue weighted by atomic mass is 32.2. The SMILES string of the molecule is CCOc1cc([C@H](CS(C)(=O)=O)N2C(=O)c3cccc(NC(C)=O)c3C2=O)ccc1OC. The largest absolute Gasteiger partial charge is 0.493 e. The first-order chi connectivity index (χ1) is 15.1. The van der Waals surface area contributed by atoms with Gasteiger partial charge < -0.3 is 14.8 Å². The van der Waals surface area contributed by atoms with Gasteiger partial charge in [0.25, 0.3) is 11.8 Å².